The van der Waals surface area contributed by atoms with Crippen LogP contribution in [0.5, 0.6) is 0 Å². The molecule has 2 heteroatoms. The third-order valence-corrected chi connectivity index (χ3v) is 6.79. The highest BCUT2D eigenvalue weighted by Gasteiger charge is 2.68. The fraction of sp³-hybridized carbons (Fsp3) is 0.882. The van der Waals surface area contributed by atoms with Crippen LogP contribution in [0.15, 0.2) is 11.3 Å². The highest BCUT2D eigenvalue weighted by atomic mass is 16.7. The Kier molecular flexibility index (Phi) is 2.31. The van der Waals surface area contributed by atoms with Gasteiger partial charge in [0.05, 0.1) is 11.4 Å². The summed E-state index contributed by atoms with van der Waals surface area (Å²) in [5.74, 6) is 3.47. The smallest absolute Gasteiger partial charge is 0.206 e. The summed E-state index contributed by atoms with van der Waals surface area (Å²) in [5.41, 5.74) is 1.86. The molecule has 2 nitrogen and oxygen atoms in total. The second-order valence-corrected chi connectivity index (χ2v) is 7.80. The minimum atomic E-state index is 0.0291. The molecule has 2 aliphatic carbocycles. The van der Waals surface area contributed by atoms with Crippen LogP contribution in [0.4, 0.5) is 0 Å². The first-order chi connectivity index (χ1) is 8.96. The van der Waals surface area contributed by atoms with Crippen LogP contribution >= 0.6 is 0 Å². The van der Waals surface area contributed by atoms with Gasteiger partial charge in [-0.1, -0.05) is 6.92 Å². The van der Waals surface area contributed by atoms with Gasteiger partial charge in [-0.2, -0.15) is 0 Å². The summed E-state index contributed by atoms with van der Waals surface area (Å²) in [4.78, 5) is 0. The highest BCUT2D eigenvalue weighted by molar-refractivity contribution is 5.24. The third-order valence-electron chi connectivity index (χ3n) is 6.79. The zero-order valence-corrected chi connectivity index (χ0v) is 12.7. The van der Waals surface area contributed by atoms with Gasteiger partial charge in [-0.15, -0.1) is 0 Å². The Morgan fingerprint density at radius 1 is 1.16 bits per heavy atom. The molecule has 6 atom stereocenters. The topological polar surface area (TPSA) is 18.5 Å². The fourth-order valence-electron chi connectivity index (χ4n) is 5.84. The van der Waals surface area contributed by atoms with Crippen molar-refractivity contribution in [1.29, 1.82) is 0 Å². The van der Waals surface area contributed by atoms with Crippen molar-refractivity contribution in [3.8, 4) is 0 Å². The van der Waals surface area contributed by atoms with E-state index in [1.54, 1.807) is 0 Å². The normalized spacial score (nSPS) is 55.8. The average molecular weight is 262 g/mol. The number of ether oxygens (including phenoxy) is 2. The SMILES string of the molecule is CC1=C(C)[C@@H]2CC[C@@H](C)[C@@H]3CC[C@]4(C)CC23[C@H](O1)O4. The first-order valence-electron chi connectivity index (χ1n) is 7.98. The van der Waals surface area contributed by atoms with Gasteiger partial charge < -0.3 is 9.47 Å². The molecule has 1 saturated heterocycles. The quantitative estimate of drug-likeness (QED) is 0.649. The Bertz CT molecular complexity index is 454. The van der Waals surface area contributed by atoms with Crippen LogP contribution < -0.4 is 0 Å². The monoisotopic (exact) mass is 262 g/mol. The molecule has 106 valence electrons. The Labute approximate surface area is 116 Å². The van der Waals surface area contributed by atoms with E-state index in [1.807, 2.05) is 0 Å². The lowest BCUT2D eigenvalue weighted by atomic mass is 9.49. The van der Waals surface area contributed by atoms with Crippen LogP contribution in [0.2, 0.25) is 0 Å². The molecule has 2 aliphatic heterocycles. The van der Waals surface area contributed by atoms with E-state index >= 15 is 0 Å². The molecule has 0 aromatic heterocycles. The molecular weight excluding hydrogens is 236 g/mol. The molecule has 2 heterocycles. The second kappa shape index (κ2) is 3.58. The molecule has 0 radical (unpaired) electrons. The third kappa shape index (κ3) is 1.36. The Morgan fingerprint density at radius 2 is 1.95 bits per heavy atom. The summed E-state index contributed by atoms with van der Waals surface area (Å²) >= 11 is 0. The molecule has 0 aromatic carbocycles. The zero-order valence-electron chi connectivity index (χ0n) is 12.7. The minimum Gasteiger partial charge on any atom is -0.469 e. The summed E-state index contributed by atoms with van der Waals surface area (Å²) in [5, 5.41) is 0. The number of allylic oxidation sites excluding steroid dienone is 2. The molecule has 0 amide bonds. The molecule has 0 N–H and O–H groups in total. The van der Waals surface area contributed by atoms with Gasteiger partial charge in [-0.05, 0) is 76.2 Å². The second-order valence-electron chi connectivity index (χ2n) is 7.80. The standard InChI is InChI=1S/C17H26O2/c1-10-5-6-14-11(2)12(3)18-15-17(14)9-16(4,19-15)8-7-13(10)17/h10,13-15H,5-9H2,1-4H3/t10-,13+,14+,15-,16-,17?/m1/s1. The van der Waals surface area contributed by atoms with Crippen LogP contribution in [0.25, 0.3) is 0 Å². The lowest BCUT2D eigenvalue weighted by Gasteiger charge is -2.56. The summed E-state index contributed by atoms with van der Waals surface area (Å²) < 4.78 is 12.6. The van der Waals surface area contributed by atoms with Crippen molar-refractivity contribution < 1.29 is 9.47 Å². The largest absolute Gasteiger partial charge is 0.469 e. The summed E-state index contributed by atoms with van der Waals surface area (Å²) in [6.45, 7) is 9.18. The molecule has 1 unspecified atom stereocenters. The average Bonchev–Trinajstić information content (AvgIpc) is 2.56. The predicted molar refractivity (Wildman–Crippen MR) is 74.4 cm³/mol. The van der Waals surface area contributed by atoms with Crippen LogP contribution in [0.1, 0.15) is 59.8 Å². The van der Waals surface area contributed by atoms with E-state index in [4.69, 9.17) is 9.47 Å². The Hall–Kier alpha value is -0.500. The van der Waals surface area contributed by atoms with E-state index in [2.05, 4.69) is 27.7 Å². The molecule has 2 saturated carbocycles. The number of hydrogen-bond donors (Lipinski definition) is 0. The Morgan fingerprint density at radius 3 is 2.74 bits per heavy atom. The highest BCUT2D eigenvalue weighted by Crippen LogP contribution is 2.68. The van der Waals surface area contributed by atoms with E-state index in [0.717, 1.165) is 17.6 Å². The number of fused-ring (bicyclic) bond motifs is 1. The molecular formula is C17H26O2. The van der Waals surface area contributed by atoms with E-state index in [-0.39, 0.29) is 17.3 Å². The van der Waals surface area contributed by atoms with Crippen LogP contribution in [-0.4, -0.2) is 11.9 Å². The molecule has 4 rings (SSSR count). The first kappa shape index (κ1) is 12.3. The van der Waals surface area contributed by atoms with E-state index < -0.39 is 0 Å². The van der Waals surface area contributed by atoms with Gasteiger partial charge in [0.15, 0.2) is 0 Å². The minimum absolute atomic E-state index is 0.0291. The molecule has 0 aromatic rings. The molecule has 3 fully saturated rings. The maximum Gasteiger partial charge on any atom is 0.206 e. The van der Waals surface area contributed by atoms with E-state index in [0.29, 0.717) is 5.92 Å². The first-order valence-corrected chi connectivity index (χ1v) is 7.98. The van der Waals surface area contributed by atoms with Crippen molar-refractivity contribution in [2.75, 3.05) is 0 Å². The lowest BCUT2D eigenvalue weighted by Crippen LogP contribution is -2.54. The number of hydrogen-bond acceptors (Lipinski definition) is 2. The Balaban J connectivity index is 1.87. The van der Waals surface area contributed by atoms with Crippen molar-refractivity contribution in [3.63, 3.8) is 0 Å². The molecule has 2 bridgehead atoms. The van der Waals surface area contributed by atoms with Crippen LogP contribution in [0, 0.1) is 23.2 Å². The predicted octanol–water partition coefficient (Wildman–Crippen LogP) is 4.26. The van der Waals surface area contributed by atoms with Crippen molar-refractivity contribution in [2.45, 2.75) is 71.7 Å². The summed E-state index contributed by atoms with van der Waals surface area (Å²) in [6.07, 6.45) is 6.51. The van der Waals surface area contributed by atoms with Gasteiger partial charge >= 0.3 is 0 Å². The van der Waals surface area contributed by atoms with E-state index in [1.165, 1.54) is 37.7 Å². The van der Waals surface area contributed by atoms with Crippen molar-refractivity contribution in [2.24, 2.45) is 23.2 Å². The summed E-state index contributed by atoms with van der Waals surface area (Å²) in [6, 6.07) is 0. The van der Waals surface area contributed by atoms with Gasteiger partial charge in [0, 0.05) is 5.41 Å². The van der Waals surface area contributed by atoms with Crippen molar-refractivity contribution in [1.82, 2.24) is 0 Å². The molecule has 4 aliphatic rings. The van der Waals surface area contributed by atoms with Gasteiger partial charge in [-0.25, -0.2) is 0 Å². The van der Waals surface area contributed by atoms with Gasteiger partial charge in [0.1, 0.15) is 0 Å². The van der Waals surface area contributed by atoms with Crippen molar-refractivity contribution in [3.05, 3.63) is 11.3 Å². The number of rotatable bonds is 0. The van der Waals surface area contributed by atoms with Crippen molar-refractivity contribution >= 4 is 0 Å². The van der Waals surface area contributed by atoms with Gasteiger partial charge in [0.2, 0.25) is 6.29 Å². The van der Waals surface area contributed by atoms with Crippen LogP contribution in [-0.2, 0) is 9.47 Å². The fourth-order valence-corrected chi connectivity index (χ4v) is 5.84. The summed E-state index contributed by atoms with van der Waals surface area (Å²) in [7, 11) is 0. The molecule has 1 spiro atoms. The zero-order chi connectivity index (χ0) is 13.4. The lowest BCUT2D eigenvalue weighted by molar-refractivity contribution is -0.203. The van der Waals surface area contributed by atoms with Gasteiger partial charge in [-0.3, -0.25) is 0 Å². The maximum atomic E-state index is 6.41. The molecule has 19 heavy (non-hydrogen) atoms. The van der Waals surface area contributed by atoms with E-state index in [9.17, 15) is 0 Å². The maximum absolute atomic E-state index is 6.41. The van der Waals surface area contributed by atoms with Crippen LogP contribution in [0.3, 0.4) is 0 Å². The van der Waals surface area contributed by atoms with Gasteiger partial charge in [0.25, 0.3) is 0 Å².